The number of thioether (sulfide) groups is 1. The molecule has 1 N–H and O–H groups in total. The Balaban J connectivity index is 2.61. The molecule has 1 heterocycles. The van der Waals surface area contributed by atoms with Gasteiger partial charge >= 0.3 is 0 Å². The van der Waals surface area contributed by atoms with Crippen LogP contribution in [0, 0.1) is 5.82 Å². The minimum absolute atomic E-state index is 0.285. The zero-order valence-electron chi connectivity index (χ0n) is 7.36. The molecular weight excluding hydrogens is 203 g/mol. The quantitative estimate of drug-likeness (QED) is 0.767. The van der Waals surface area contributed by atoms with Crippen molar-refractivity contribution in [3.05, 3.63) is 24.0 Å². The third-order valence-corrected chi connectivity index (χ3v) is 2.54. The summed E-state index contributed by atoms with van der Waals surface area (Å²) in [6, 6.07) is 4.86. The molecule has 6 heteroatoms. The molecule has 0 unspecified atom stereocenters. The Kier molecular flexibility index (Phi) is 2.45. The molecule has 4 nitrogen and oxygen atoms in total. The van der Waals surface area contributed by atoms with Gasteiger partial charge in [0.05, 0.1) is 5.56 Å². The van der Waals surface area contributed by atoms with Gasteiger partial charge in [-0.15, -0.1) is 22.0 Å². The third-order valence-electron chi connectivity index (χ3n) is 1.76. The zero-order chi connectivity index (χ0) is 9.97. The van der Waals surface area contributed by atoms with Crippen LogP contribution in [0.2, 0.25) is 0 Å². The fraction of sp³-hybridized carbons (Fsp3) is 0.125. The normalized spacial score (nSPS) is 10.4. The molecule has 2 aromatic rings. The fourth-order valence-electron chi connectivity index (χ4n) is 1.16. The fourth-order valence-corrected chi connectivity index (χ4v) is 1.77. The van der Waals surface area contributed by atoms with Crippen molar-refractivity contribution in [2.45, 2.75) is 4.90 Å². The summed E-state index contributed by atoms with van der Waals surface area (Å²) in [5, 5.41) is 13.2. The maximum absolute atomic E-state index is 13.5. The minimum Gasteiger partial charge on any atom is -0.206 e. The molecule has 2 rings (SSSR count). The maximum Gasteiger partial charge on any atom is 0.208 e. The maximum atomic E-state index is 13.5. The van der Waals surface area contributed by atoms with E-state index in [0.717, 1.165) is 4.90 Å². The van der Waals surface area contributed by atoms with E-state index in [1.54, 1.807) is 6.07 Å². The number of tetrazole rings is 1. The van der Waals surface area contributed by atoms with Crippen LogP contribution in [0.25, 0.3) is 11.4 Å². The Morgan fingerprint density at radius 2 is 2.29 bits per heavy atom. The van der Waals surface area contributed by atoms with Crippen LogP contribution in [0.15, 0.2) is 23.1 Å². The largest absolute Gasteiger partial charge is 0.208 e. The van der Waals surface area contributed by atoms with E-state index in [1.165, 1.54) is 17.8 Å². The summed E-state index contributed by atoms with van der Waals surface area (Å²) in [6.07, 6.45) is 1.87. The van der Waals surface area contributed by atoms with E-state index >= 15 is 0 Å². The minimum atomic E-state index is -0.335. The lowest BCUT2D eigenvalue weighted by atomic mass is 10.2. The van der Waals surface area contributed by atoms with Gasteiger partial charge in [0.2, 0.25) is 5.82 Å². The number of hydrogen-bond acceptors (Lipinski definition) is 4. The van der Waals surface area contributed by atoms with Crippen LogP contribution in [0.5, 0.6) is 0 Å². The number of aromatic nitrogens is 4. The van der Waals surface area contributed by atoms with E-state index in [9.17, 15) is 4.39 Å². The summed E-state index contributed by atoms with van der Waals surface area (Å²) in [7, 11) is 0. The summed E-state index contributed by atoms with van der Waals surface area (Å²) in [6.45, 7) is 0. The number of hydrogen-bond donors (Lipinski definition) is 1. The van der Waals surface area contributed by atoms with Crippen LogP contribution in [0.4, 0.5) is 4.39 Å². The molecule has 14 heavy (non-hydrogen) atoms. The lowest BCUT2D eigenvalue weighted by molar-refractivity contribution is 0.626. The van der Waals surface area contributed by atoms with Crippen molar-refractivity contribution in [3.8, 4) is 11.4 Å². The molecule has 1 aromatic heterocycles. The van der Waals surface area contributed by atoms with E-state index in [2.05, 4.69) is 20.6 Å². The first-order chi connectivity index (χ1) is 6.83. The van der Waals surface area contributed by atoms with Crippen molar-refractivity contribution in [2.75, 3.05) is 6.26 Å². The molecule has 0 saturated carbocycles. The highest BCUT2D eigenvalue weighted by molar-refractivity contribution is 7.98. The Bertz CT molecular complexity index is 429. The molecule has 0 aliphatic rings. The van der Waals surface area contributed by atoms with Gasteiger partial charge in [0.15, 0.2) is 0 Å². The molecule has 0 saturated heterocycles. The van der Waals surface area contributed by atoms with Crippen LogP contribution >= 0.6 is 11.8 Å². The predicted octanol–water partition coefficient (Wildman–Crippen LogP) is 1.73. The molecule has 1 aromatic carbocycles. The molecule has 0 spiro atoms. The molecule has 0 radical (unpaired) electrons. The van der Waals surface area contributed by atoms with Crippen LogP contribution in [0.3, 0.4) is 0 Å². The van der Waals surface area contributed by atoms with Gasteiger partial charge in [-0.05, 0) is 23.6 Å². The van der Waals surface area contributed by atoms with E-state index in [1.807, 2.05) is 12.3 Å². The predicted molar refractivity (Wildman–Crippen MR) is 51.4 cm³/mol. The summed E-state index contributed by atoms with van der Waals surface area (Å²) in [5.41, 5.74) is 0.397. The van der Waals surface area contributed by atoms with E-state index < -0.39 is 0 Å². The number of benzene rings is 1. The Labute approximate surface area is 83.9 Å². The van der Waals surface area contributed by atoms with E-state index in [0.29, 0.717) is 5.56 Å². The van der Waals surface area contributed by atoms with Crippen LogP contribution in [-0.2, 0) is 0 Å². The monoisotopic (exact) mass is 210 g/mol. The first-order valence-corrected chi connectivity index (χ1v) is 5.11. The van der Waals surface area contributed by atoms with Gasteiger partial charge in [0.25, 0.3) is 0 Å². The number of aromatic amines is 1. The molecule has 0 aliphatic carbocycles. The second kappa shape index (κ2) is 3.75. The second-order valence-corrected chi connectivity index (χ2v) is 3.40. The van der Waals surface area contributed by atoms with Gasteiger partial charge in [-0.1, -0.05) is 6.07 Å². The van der Waals surface area contributed by atoms with Crippen LogP contribution < -0.4 is 0 Å². The van der Waals surface area contributed by atoms with Crippen molar-refractivity contribution in [2.24, 2.45) is 0 Å². The lowest BCUT2D eigenvalue weighted by Gasteiger charge is -2.03. The van der Waals surface area contributed by atoms with Crippen molar-refractivity contribution >= 4 is 11.8 Å². The van der Waals surface area contributed by atoms with Crippen molar-refractivity contribution < 1.29 is 4.39 Å². The number of nitrogens with zero attached hydrogens (tertiary/aromatic N) is 3. The molecule has 0 amide bonds. The van der Waals surface area contributed by atoms with Gasteiger partial charge < -0.3 is 0 Å². The van der Waals surface area contributed by atoms with Crippen LogP contribution in [-0.4, -0.2) is 26.9 Å². The summed E-state index contributed by atoms with van der Waals surface area (Å²) in [5.74, 6) is -0.0503. The van der Waals surface area contributed by atoms with E-state index in [-0.39, 0.29) is 11.6 Å². The number of H-pyrrole nitrogens is 1. The molecular formula is C8H7FN4S. The average Bonchev–Trinajstić information content (AvgIpc) is 2.70. The van der Waals surface area contributed by atoms with Crippen LogP contribution in [0.1, 0.15) is 0 Å². The highest BCUT2D eigenvalue weighted by atomic mass is 32.2. The van der Waals surface area contributed by atoms with Crippen molar-refractivity contribution in [1.29, 1.82) is 0 Å². The number of rotatable bonds is 2. The van der Waals surface area contributed by atoms with Crippen molar-refractivity contribution in [3.63, 3.8) is 0 Å². The van der Waals surface area contributed by atoms with Gasteiger partial charge in [-0.25, -0.2) is 4.39 Å². The molecule has 0 bridgehead atoms. The number of halogens is 1. The highest BCUT2D eigenvalue weighted by Gasteiger charge is 2.13. The summed E-state index contributed by atoms with van der Waals surface area (Å²) in [4.78, 5) is 0.798. The molecule has 0 atom stereocenters. The molecule has 0 fully saturated rings. The third kappa shape index (κ3) is 1.48. The second-order valence-electron chi connectivity index (χ2n) is 2.55. The first-order valence-electron chi connectivity index (χ1n) is 3.89. The van der Waals surface area contributed by atoms with E-state index in [4.69, 9.17) is 0 Å². The molecule has 72 valence electrons. The van der Waals surface area contributed by atoms with Crippen molar-refractivity contribution in [1.82, 2.24) is 20.6 Å². The van der Waals surface area contributed by atoms with Gasteiger partial charge in [0.1, 0.15) is 5.82 Å². The Morgan fingerprint density at radius 3 is 2.93 bits per heavy atom. The first kappa shape index (κ1) is 9.14. The summed E-state index contributed by atoms with van der Waals surface area (Å²) < 4.78 is 13.5. The Morgan fingerprint density at radius 1 is 1.43 bits per heavy atom. The smallest absolute Gasteiger partial charge is 0.206 e. The van der Waals surface area contributed by atoms with Gasteiger partial charge in [-0.2, -0.15) is 5.21 Å². The zero-order valence-corrected chi connectivity index (χ0v) is 8.18. The summed E-state index contributed by atoms with van der Waals surface area (Å²) >= 11 is 1.45. The van der Waals surface area contributed by atoms with Gasteiger partial charge in [-0.3, -0.25) is 0 Å². The standard InChI is InChI=1S/C8H7FN4S/c1-14-6-4-2-3-5(9)7(6)8-10-12-13-11-8/h2-4H,1H3,(H,10,11,12,13). The topological polar surface area (TPSA) is 54.5 Å². The highest BCUT2D eigenvalue weighted by Crippen LogP contribution is 2.29. The molecule has 0 aliphatic heterocycles. The number of nitrogens with one attached hydrogen (secondary N) is 1. The van der Waals surface area contributed by atoms with Gasteiger partial charge in [0, 0.05) is 4.90 Å². The Hall–Kier alpha value is -1.43. The SMILES string of the molecule is CSc1cccc(F)c1-c1nn[nH]n1. The lowest BCUT2D eigenvalue weighted by Crippen LogP contribution is -1.89. The average molecular weight is 210 g/mol.